The quantitative estimate of drug-likeness (QED) is 0.418. The summed E-state index contributed by atoms with van der Waals surface area (Å²) in [5.41, 5.74) is 3.39. The molecule has 1 saturated heterocycles. The number of ether oxygens (including phenoxy) is 1. The second kappa shape index (κ2) is 8.37. The standard InChI is InChI=1S/C24H27N7O3/c1-25-21-10-19(17-12-30(14-7-9-34-13-14)22-15(17)4-3-8-26-22)28-23-16(11-27-31(21)23)24(33)29-18-5-2-6-20(18)32/h3-4,8,10-12,14,18,20,25,32H,2,5-7,9,13H2,1H3,(H,29,33)/t14-,18+,20-/m1/s1. The number of nitrogens with zero attached hydrogens (tertiary/aromatic N) is 5. The molecule has 0 spiro atoms. The van der Waals surface area contributed by atoms with Gasteiger partial charge in [0.1, 0.15) is 17.0 Å². The molecule has 0 radical (unpaired) electrons. The zero-order valence-electron chi connectivity index (χ0n) is 18.9. The highest BCUT2D eigenvalue weighted by Crippen LogP contribution is 2.34. The van der Waals surface area contributed by atoms with Crippen LogP contribution in [-0.2, 0) is 4.74 Å². The molecule has 6 rings (SSSR count). The van der Waals surface area contributed by atoms with Gasteiger partial charge < -0.3 is 25.0 Å². The van der Waals surface area contributed by atoms with E-state index in [1.165, 1.54) is 6.20 Å². The van der Waals surface area contributed by atoms with E-state index in [2.05, 4.69) is 31.5 Å². The number of hydrogen-bond acceptors (Lipinski definition) is 7. The summed E-state index contributed by atoms with van der Waals surface area (Å²) >= 11 is 0. The van der Waals surface area contributed by atoms with Crippen molar-refractivity contribution in [3.8, 4) is 11.3 Å². The Morgan fingerprint density at radius 1 is 1.26 bits per heavy atom. The fourth-order valence-electron chi connectivity index (χ4n) is 5.10. The number of amides is 1. The van der Waals surface area contributed by atoms with Gasteiger partial charge in [-0.25, -0.2) is 9.97 Å². The first-order valence-corrected chi connectivity index (χ1v) is 11.7. The van der Waals surface area contributed by atoms with Gasteiger partial charge in [0.15, 0.2) is 5.65 Å². The largest absolute Gasteiger partial charge is 0.391 e. The fourth-order valence-corrected chi connectivity index (χ4v) is 5.10. The predicted octanol–water partition coefficient (Wildman–Crippen LogP) is 2.39. The molecule has 34 heavy (non-hydrogen) atoms. The van der Waals surface area contributed by atoms with E-state index in [-0.39, 0.29) is 18.0 Å². The van der Waals surface area contributed by atoms with Crippen LogP contribution >= 0.6 is 0 Å². The summed E-state index contributed by atoms with van der Waals surface area (Å²) in [7, 11) is 1.82. The van der Waals surface area contributed by atoms with Crippen molar-refractivity contribution in [2.24, 2.45) is 0 Å². The molecule has 0 aromatic carbocycles. The van der Waals surface area contributed by atoms with Gasteiger partial charge >= 0.3 is 0 Å². The smallest absolute Gasteiger partial charge is 0.257 e. The maximum absolute atomic E-state index is 13.1. The van der Waals surface area contributed by atoms with Crippen LogP contribution in [0.5, 0.6) is 0 Å². The molecule has 1 aliphatic carbocycles. The third-order valence-electron chi connectivity index (χ3n) is 6.93. The highest BCUT2D eigenvalue weighted by Gasteiger charge is 2.29. The summed E-state index contributed by atoms with van der Waals surface area (Å²) in [6.45, 7) is 1.40. The Labute approximate surface area is 196 Å². The molecule has 1 amide bonds. The fraction of sp³-hybridized carbons (Fsp3) is 0.417. The number of nitrogens with one attached hydrogen (secondary N) is 2. The highest BCUT2D eigenvalue weighted by atomic mass is 16.5. The van der Waals surface area contributed by atoms with Gasteiger partial charge in [0.25, 0.3) is 5.91 Å². The summed E-state index contributed by atoms with van der Waals surface area (Å²) in [4.78, 5) is 22.6. The molecule has 1 aliphatic heterocycles. The molecule has 1 saturated carbocycles. The van der Waals surface area contributed by atoms with Crippen LogP contribution < -0.4 is 10.6 Å². The Bertz CT molecular complexity index is 1370. The highest BCUT2D eigenvalue weighted by molar-refractivity contribution is 6.01. The van der Waals surface area contributed by atoms with Crippen molar-refractivity contribution in [3.63, 3.8) is 0 Å². The molecular formula is C24H27N7O3. The first-order chi connectivity index (χ1) is 16.6. The van der Waals surface area contributed by atoms with Gasteiger partial charge in [-0.05, 0) is 37.8 Å². The Hall–Kier alpha value is -3.50. The van der Waals surface area contributed by atoms with E-state index in [1.807, 2.05) is 25.2 Å². The van der Waals surface area contributed by atoms with Crippen molar-refractivity contribution in [1.29, 1.82) is 0 Å². The molecule has 0 bridgehead atoms. The van der Waals surface area contributed by atoms with Crippen LogP contribution in [0.3, 0.4) is 0 Å². The number of carbonyl (C=O) groups excluding carboxylic acids is 1. The molecule has 2 fully saturated rings. The second-order valence-corrected chi connectivity index (χ2v) is 8.99. The summed E-state index contributed by atoms with van der Waals surface area (Å²) < 4.78 is 9.42. The number of carbonyl (C=O) groups is 1. The van der Waals surface area contributed by atoms with Crippen molar-refractivity contribution < 1.29 is 14.6 Å². The van der Waals surface area contributed by atoms with Gasteiger partial charge in [0, 0.05) is 43.1 Å². The number of hydrogen-bond donors (Lipinski definition) is 3. The van der Waals surface area contributed by atoms with Crippen LogP contribution in [0.25, 0.3) is 27.9 Å². The molecule has 10 nitrogen and oxygen atoms in total. The van der Waals surface area contributed by atoms with Gasteiger partial charge in [-0.1, -0.05) is 0 Å². The lowest BCUT2D eigenvalue weighted by Crippen LogP contribution is -2.39. The second-order valence-electron chi connectivity index (χ2n) is 8.99. The molecule has 5 heterocycles. The van der Waals surface area contributed by atoms with Crippen molar-refractivity contribution in [3.05, 3.63) is 42.4 Å². The van der Waals surface area contributed by atoms with Crippen molar-refractivity contribution in [2.75, 3.05) is 25.6 Å². The van der Waals surface area contributed by atoms with Gasteiger partial charge in [-0.3, -0.25) is 4.79 Å². The van der Waals surface area contributed by atoms with E-state index in [9.17, 15) is 9.90 Å². The number of fused-ring (bicyclic) bond motifs is 2. The van der Waals surface area contributed by atoms with Gasteiger partial charge in [-0.15, -0.1) is 0 Å². The van der Waals surface area contributed by atoms with Crippen LogP contribution in [0, 0.1) is 0 Å². The zero-order valence-corrected chi connectivity index (χ0v) is 18.9. The SMILES string of the molecule is CNc1cc(-c2cn([C@@H]3CCOC3)c3ncccc23)nc2c(C(=O)N[C@H]3CCC[C@H]3O)cnn12. The van der Waals surface area contributed by atoms with Gasteiger partial charge in [0.05, 0.1) is 36.7 Å². The van der Waals surface area contributed by atoms with E-state index in [0.717, 1.165) is 48.2 Å². The molecule has 2 aliphatic rings. The van der Waals surface area contributed by atoms with E-state index >= 15 is 0 Å². The maximum atomic E-state index is 13.1. The van der Waals surface area contributed by atoms with Crippen molar-refractivity contribution in [2.45, 2.75) is 43.9 Å². The molecule has 176 valence electrons. The van der Waals surface area contributed by atoms with Crippen LogP contribution in [0.2, 0.25) is 0 Å². The number of aromatic nitrogens is 5. The molecule has 3 atom stereocenters. The number of aliphatic hydroxyl groups is 1. The van der Waals surface area contributed by atoms with Crippen molar-refractivity contribution in [1.82, 2.24) is 29.5 Å². The average molecular weight is 462 g/mol. The number of pyridine rings is 1. The topological polar surface area (TPSA) is 119 Å². The Morgan fingerprint density at radius 3 is 2.94 bits per heavy atom. The number of anilines is 1. The number of aliphatic hydroxyl groups excluding tert-OH is 1. The summed E-state index contributed by atoms with van der Waals surface area (Å²) in [6.07, 6.45) is 8.21. The first-order valence-electron chi connectivity index (χ1n) is 11.7. The van der Waals surface area contributed by atoms with Crippen LogP contribution in [0.15, 0.2) is 36.8 Å². The molecular weight excluding hydrogens is 434 g/mol. The lowest BCUT2D eigenvalue weighted by Gasteiger charge is -2.16. The normalized spacial score (nSPS) is 22.6. The molecule has 4 aromatic rings. The lowest BCUT2D eigenvalue weighted by atomic mass is 10.1. The molecule has 4 aromatic heterocycles. The average Bonchev–Trinajstić information content (AvgIpc) is 3.64. The third-order valence-corrected chi connectivity index (χ3v) is 6.93. The van der Waals surface area contributed by atoms with Crippen LogP contribution in [0.4, 0.5) is 5.82 Å². The van der Waals surface area contributed by atoms with Crippen molar-refractivity contribution >= 4 is 28.4 Å². The minimum atomic E-state index is -0.514. The maximum Gasteiger partial charge on any atom is 0.257 e. The van der Waals surface area contributed by atoms with E-state index in [0.29, 0.717) is 30.1 Å². The lowest BCUT2D eigenvalue weighted by molar-refractivity contribution is 0.0874. The first kappa shape index (κ1) is 21.1. The van der Waals surface area contributed by atoms with Crippen LogP contribution in [-0.4, -0.2) is 67.6 Å². The molecule has 0 unspecified atom stereocenters. The third kappa shape index (κ3) is 3.41. The predicted molar refractivity (Wildman–Crippen MR) is 127 cm³/mol. The van der Waals surface area contributed by atoms with E-state index in [4.69, 9.17) is 9.72 Å². The number of rotatable bonds is 5. The van der Waals surface area contributed by atoms with E-state index < -0.39 is 6.10 Å². The Morgan fingerprint density at radius 2 is 2.18 bits per heavy atom. The minimum Gasteiger partial charge on any atom is -0.391 e. The Kier molecular flexibility index (Phi) is 5.19. The van der Waals surface area contributed by atoms with Crippen LogP contribution in [0.1, 0.15) is 42.1 Å². The molecule has 10 heteroatoms. The summed E-state index contributed by atoms with van der Waals surface area (Å²) in [5.74, 6) is 0.439. The summed E-state index contributed by atoms with van der Waals surface area (Å²) in [5, 5.41) is 21.7. The van der Waals surface area contributed by atoms with Gasteiger partial charge in [0.2, 0.25) is 0 Å². The monoisotopic (exact) mass is 461 g/mol. The zero-order chi connectivity index (χ0) is 23.2. The van der Waals surface area contributed by atoms with E-state index in [1.54, 1.807) is 10.7 Å². The molecule has 3 N–H and O–H groups in total. The van der Waals surface area contributed by atoms with Gasteiger partial charge in [-0.2, -0.15) is 9.61 Å². The Balaban J connectivity index is 1.46. The minimum absolute atomic E-state index is 0.229. The summed E-state index contributed by atoms with van der Waals surface area (Å²) in [6, 6.07) is 5.88.